The molecule has 114 valence electrons. The van der Waals surface area contributed by atoms with Gasteiger partial charge in [0.25, 0.3) is 0 Å². The van der Waals surface area contributed by atoms with Crippen LogP contribution >= 0.6 is 50.5 Å². The number of nitrogens with one attached hydrogen (secondary N) is 1. The van der Waals surface area contributed by atoms with E-state index in [1.54, 1.807) is 0 Å². The van der Waals surface area contributed by atoms with Crippen LogP contribution in [0.4, 0.5) is 0 Å². The molecule has 2 aromatic rings. The Morgan fingerprint density at radius 2 is 1.95 bits per heavy atom. The van der Waals surface area contributed by atoms with E-state index in [1.807, 2.05) is 12.1 Å². The Kier molecular flexibility index (Phi) is 5.70. The maximum Gasteiger partial charge on any atom is 0.242 e. The Bertz CT molecular complexity index is 762. The molecule has 21 heavy (non-hydrogen) atoms. The van der Waals surface area contributed by atoms with E-state index in [2.05, 4.69) is 20.7 Å². The number of sulfonamides is 1. The first kappa shape index (κ1) is 17.2. The number of hydrogen-bond acceptors (Lipinski definition) is 4. The molecule has 4 nitrogen and oxygen atoms in total. The maximum atomic E-state index is 12.3. The second kappa shape index (κ2) is 6.95. The van der Waals surface area contributed by atoms with Crippen LogP contribution in [-0.2, 0) is 23.2 Å². The number of benzene rings is 1. The van der Waals surface area contributed by atoms with Gasteiger partial charge in [-0.3, -0.25) is 0 Å². The van der Waals surface area contributed by atoms with E-state index in [1.165, 1.54) is 23.5 Å². The second-order valence-electron chi connectivity index (χ2n) is 4.06. The number of aliphatic hydroxyl groups excluding tert-OH is 1. The lowest BCUT2D eigenvalue weighted by Gasteiger charge is -2.10. The average molecular weight is 431 g/mol. The molecular formula is C12H10BrCl2NO3S2. The Hall–Kier alpha value is -0.150. The molecule has 0 radical (unpaired) electrons. The summed E-state index contributed by atoms with van der Waals surface area (Å²) in [5.41, 5.74) is 0.306. The number of hydrogen-bond donors (Lipinski definition) is 2. The Morgan fingerprint density at radius 3 is 2.52 bits per heavy atom. The summed E-state index contributed by atoms with van der Waals surface area (Å²) in [6.07, 6.45) is 0. The molecule has 1 aromatic carbocycles. The van der Waals surface area contributed by atoms with Gasteiger partial charge in [-0.1, -0.05) is 23.2 Å². The lowest BCUT2D eigenvalue weighted by Crippen LogP contribution is -2.23. The Morgan fingerprint density at radius 1 is 1.24 bits per heavy atom. The first-order chi connectivity index (χ1) is 9.83. The zero-order chi connectivity index (χ0) is 15.6. The summed E-state index contributed by atoms with van der Waals surface area (Å²) in [6.45, 7) is -0.206. The molecular weight excluding hydrogens is 421 g/mol. The van der Waals surface area contributed by atoms with Crippen LogP contribution in [0.2, 0.25) is 10.0 Å². The maximum absolute atomic E-state index is 12.3. The monoisotopic (exact) mass is 429 g/mol. The molecule has 0 saturated heterocycles. The van der Waals surface area contributed by atoms with Crippen molar-refractivity contribution in [3.63, 3.8) is 0 Å². The summed E-state index contributed by atoms with van der Waals surface area (Å²) < 4.78 is 28.0. The summed E-state index contributed by atoms with van der Waals surface area (Å²) >= 11 is 16.6. The van der Waals surface area contributed by atoms with Gasteiger partial charge in [0.15, 0.2) is 0 Å². The van der Waals surface area contributed by atoms with Crippen LogP contribution < -0.4 is 4.72 Å². The third-order valence-corrected chi connectivity index (χ3v) is 6.47. The average Bonchev–Trinajstić information content (AvgIpc) is 2.82. The normalized spacial score (nSPS) is 11.8. The highest BCUT2D eigenvalue weighted by Gasteiger charge is 2.20. The van der Waals surface area contributed by atoms with Crippen molar-refractivity contribution in [2.75, 3.05) is 0 Å². The van der Waals surface area contributed by atoms with E-state index in [9.17, 15) is 8.42 Å². The molecule has 2 N–H and O–H groups in total. The summed E-state index contributed by atoms with van der Waals surface area (Å²) in [6, 6.07) is 6.25. The van der Waals surface area contributed by atoms with Crippen molar-refractivity contribution in [2.45, 2.75) is 18.0 Å². The van der Waals surface area contributed by atoms with E-state index in [-0.39, 0.29) is 28.1 Å². The van der Waals surface area contributed by atoms with Gasteiger partial charge in [-0.05, 0) is 45.8 Å². The third kappa shape index (κ3) is 4.19. The van der Waals surface area contributed by atoms with Gasteiger partial charge in [-0.25, -0.2) is 13.1 Å². The molecule has 1 heterocycles. The minimum Gasteiger partial charge on any atom is -0.392 e. The molecule has 0 fully saturated rings. The van der Waals surface area contributed by atoms with Gasteiger partial charge in [-0.15, -0.1) is 11.3 Å². The first-order valence-electron chi connectivity index (χ1n) is 5.66. The number of halogens is 3. The van der Waals surface area contributed by atoms with Gasteiger partial charge in [0.1, 0.15) is 4.90 Å². The van der Waals surface area contributed by atoms with E-state index in [4.69, 9.17) is 28.3 Å². The Balaban J connectivity index is 2.27. The van der Waals surface area contributed by atoms with Gasteiger partial charge in [0.2, 0.25) is 10.0 Å². The fourth-order valence-corrected chi connectivity index (χ4v) is 4.96. The number of aliphatic hydroxyl groups is 1. The van der Waals surface area contributed by atoms with E-state index in [0.29, 0.717) is 5.56 Å². The summed E-state index contributed by atoms with van der Waals surface area (Å²) in [7, 11) is -3.79. The largest absolute Gasteiger partial charge is 0.392 e. The summed E-state index contributed by atoms with van der Waals surface area (Å²) in [5, 5.41) is 9.40. The van der Waals surface area contributed by atoms with Crippen molar-refractivity contribution in [3.8, 4) is 0 Å². The second-order valence-corrected chi connectivity index (χ2v) is 9.16. The molecule has 0 amide bonds. The lowest BCUT2D eigenvalue weighted by atomic mass is 10.2. The Labute approximate surface area is 144 Å². The fraction of sp³-hybridized carbons (Fsp3) is 0.167. The smallest absolute Gasteiger partial charge is 0.242 e. The van der Waals surface area contributed by atoms with Gasteiger partial charge >= 0.3 is 0 Å². The van der Waals surface area contributed by atoms with Crippen molar-refractivity contribution < 1.29 is 13.5 Å². The van der Waals surface area contributed by atoms with Crippen molar-refractivity contribution in [1.29, 1.82) is 0 Å². The van der Waals surface area contributed by atoms with Crippen LogP contribution in [0.3, 0.4) is 0 Å². The summed E-state index contributed by atoms with van der Waals surface area (Å²) in [4.78, 5) is 0.756. The van der Waals surface area contributed by atoms with Gasteiger partial charge in [0, 0.05) is 16.4 Å². The molecule has 0 aliphatic rings. The fourth-order valence-electron chi connectivity index (χ4n) is 1.59. The van der Waals surface area contributed by atoms with Crippen LogP contribution in [0.5, 0.6) is 0 Å². The first-order valence-corrected chi connectivity index (χ1v) is 9.51. The van der Waals surface area contributed by atoms with Gasteiger partial charge in [0.05, 0.1) is 15.4 Å². The molecule has 0 bridgehead atoms. The van der Waals surface area contributed by atoms with Crippen LogP contribution in [0, 0.1) is 0 Å². The highest BCUT2D eigenvalue weighted by molar-refractivity contribution is 9.11. The van der Waals surface area contributed by atoms with E-state index >= 15 is 0 Å². The lowest BCUT2D eigenvalue weighted by molar-refractivity contribution is 0.281. The molecule has 9 heteroatoms. The molecule has 0 unspecified atom stereocenters. The van der Waals surface area contributed by atoms with Crippen LogP contribution in [-0.4, -0.2) is 13.5 Å². The van der Waals surface area contributed by atoms with E-state index in [0.717, 1.165) is 8.66 Å². The predicted octanol–water partition coefficient (Wildman–Crippen LogP) is 3.79. The number of thiophene rings is 1. The van der Waals surface area contributed by atoms with Crippen LogP contribution in [0.15, 0.2) is 32.9 Å². The quantitative estimate of drug-likeness (QED) is 0.758. The van der Waals surface area contributed by atoms with Crippen molar-refractivity contribution >= 4 is 60.5 Å². The molecule has 0 aliphatic carbocycles. The SMILES string of the molecule is O=S(=O)(NCc1ccc(Br)s1)c1cc(CO)c(Cl)cc1Cl. The third-order valence-electron chi connectivity index (χ3n) is 2.63. The molecule has 1 aromatic heterocycles. The van der Waals surface area contributed by atoms with E-state index < -0.39 is 10.0 Å². The topological polar surface area (TPSA) is 66.4 Å². The van der Waals surface area contributed by atoms with Gasteiger partial charge in [-0.2, -0.15) is 0 Å². The molecule has 0 saturated carbocycles. The number of rotatable bonds is 5. The highest BCUT2D eigenvalue weighted by atomic mass is 79.9. The molecule has 2 rings (SSSR count). The minimum absolute atomic E-state index is 0.0112. The zero-order valence-corrected chi connectivity index (χ0v) is 15.2. The van der Waals surface area contributed by atoms with Crippen molar-refractivity contribution in [3.05, 3.63) is 48.5 Å². The van der Waals surface area contributed by atoms with Crippen molar-refractivity contribution in [2.24, 2.45) is 0 Å². The molecule has 0 atom stereocenters. The zero-order valence-electron chi connectivity index (χ0n) is 10.4. The summed E-state index contributed by atoms with van der Waals surface area (Å²) in [5.74, 6) is 0. The standard InChI is InChI=1S/C12H10BrCl2NO3S2/c13-12-2-1-8(20-12)5-16-21(18,19)11-3-7(6-17)9(14)4-10(11)15/h1-4,16-17H,5-6H2. The highest BCUT2D eigenvalue weighted by Crippen LogP contribution is 2.29. The van der Waals surface area contributed by atoms with Crippen LogP contribution in [0.1, 0.15) is 10.4 Å². The minimum atomic E-state index is -3.79. The molecule has 0 aliphatic heterocycles. The van der Waals surface area contributed by atoms with Crippen LogP contribution in [0.25, 0.3) is 0 Å². The van der Waals surface area contributed by atoms with Crippen molar-refractivity contribution in [1.82, 2.24) is 4.72 Å². The predicted molar refractivity (Wildman–Crippen MR) is 88.4 cm³/mol. The molecule has 0 spiro atoms. The van der Waals surface area contributed by atoms with Gasteiger partial charge < -0.3 is 5.11 Å².